The highest BCUT2D eigenvalue weighted by atomic mass is 32.2. The minimum Gasteiger partial charge on any atom is -0.330 e. The van der Waals surface area contributed by atoms with E-state index in [-0.39, 0.29) is 10.8 Å². The number of nitrogens with zero attached hydrogens (tertiary/aromatic N) is 1. The summed E-state index contributed by atoms with van der Waals surface area (Å²) in [5.41, 5.74) is 6.34. The molecule has 2 N–H and O–H groups in total. The summed E-state index contributed by atoms with van der Waals surface area (Å²) in [6.45, 7) is 9.73. The zero-order chi connectivity index (χ0) is 15.9. The van der Waals surface area contributed by atoms with E-state index < -0.39 is 10.0 Å². The first-order valence-electron chi connectivity index (χ1n) is 7.40. The maximum atomic E-state index is 13.0. The topological polar surface area (TPSA) is 63.4 Å². The molecule has 0 saturated carbocycles. The fourth-order valence-electron chi connectivity index (χ4n) is 2.80. The summed E-state index contributed by atoms with van der Waals surface area (Å²) in [6.07, 6.45) is 0.820. The van der Waals surface area contributed by atoms with Gasteiger partial charge in [-0.1, -0.05) is 45.9 Å². The van der Waals surface area contributed by atoms with Crippen LogP contribution in [0.2, 0.25) is 0 Å². The van der Waals surface area contributed by atoms with Crippen LogP contribution in [-0.4, -0.2) is 32.4 Å². The van der Waals surface area contributed by atoms with E-state index in [9.17, 15) is 8.42 Å². The smallest absolute Gasteiger partial charge is 0.243 e. The van der Waals surface area contributed by atoms with Gasteiger partial charge in [0.05, 0.1) is 4.90 Å². The SMILES string of the molecule is CC1(CN)CCN(S(=O)(=O)c2ccccc2C(C)(C)C)C1. The van der Waals surface area contributed by atoms with Crippen molar-refractivity contribution in [2.45, 2.75) is 44.4 Å². The van der Waals surface area contributed by atoms with Crippen LogP contribution in [0.15, 0.2) is 29.2 Å². The maximum absolute atomic E-state index is 13.0. The van der Waals surface area contributed by atoms with Crippen LogP contribution in [0.25, 0.3) is 0 Å². The van der Waals surface area contributed by atoms with Crippen LogP contribution < -0.4 is 5.73 Å². The molecule has 1 aromatic carbocycles. The Kier molecular flexibility index (Phi) is 4.21. The molecule has 2 rings (SSSR count). The Morgan fingerprint density at radius 2 is 1.90 bits per heavy atom. The second-order valence-corrected chi connectivity index (χ2v) is 9.26. The van der Waals surface area contributed by atoms with Gasteiger partial charge >= 0.3 is 0 Å². The molecule has 1 fully saturated rings. The van der Waals surface area contributed by atoms with Crippen LogP contribution in [0.5, 0.6) is 0 Å². The molecule has 0 spiro atoms. The molecule has 0 amide bonds. The summed E-state index contributed by atoms with van der Waals surface area (Å²) in [5, 5.41) is 0. The third kappa shape index (κ3) is 3.15. The van der Waals surface area contributed by atoms with Crippen molar-refractivity contribution in [2.24, 2.45) is 11.1 Å². The van der Waals surface area contributed by atoms with Crippen molar-refractivity contribution in [2.75, 3.05) is 19.6 Å². The van der Waals surface area contributed by atoms with E-state index in [0.717, 1.165) is 12.0 Å². The van der Waals surface area contributed by atoms with Crippen LogP contribution in [0.1, 0.15) is 39.7 Å². The molecule has 1 saturated heterocycles. The van der Waals surface area contributed by atoms with E-state index in [4.69, 9.17) is 5.73 Å². The zero-order valence-electron chi connectivity index (χ0n) is 13.4. The molecule has 4 nitrogen and oxygen atoms in total. The molecular weight excluding hydrogens is 284 g/mol. The summed E-state index contributed by atoms with van der Waals surface area (Å²) in [7, 11) is -3.46. The Hall–Kier alpha value is -0.910. The lowest BCUT2D eigenvalue weighted by molar-refractivity contribution is 0.349. The van der Waals surface area contributed by atoms with E-state index in [2.05, 4.69) is 6.92 Å². The number of benzene rings is 1. The maximum Gasteiger partial charge on any atom is 0.243 e. The van der Waals surface area contributed by atoms with Crippen LogP contribution in [0, 0.1) is 5.41 Å². The van der Waals surface area contributed by atoms with Crippen LogP contribution in [0.4, 0.5) is 0 Å². The monoisotopic (exact) mass is 310 g/mol. The fraction of sp³-hybridized carbons (Fsp3) is 0.625. The second-order valence-electron chi connectivity index (χ2n) is 7.35. The fourth-order valence-corrected chi connectivity index (χ4v) is 4.79. The van der Waals surface area contributed by atoms with Crippen LogP contribution in [-0.2, 0) is 15.4 Å². The number of hydrogen-bond acceptors (Lipinski definition) is 3. The Morgan fingerprint density at radius 3 is 2.43 bits per heavy atom. The molecule has 1 aromatic rings. The van der Waals surface area contributed by atoms with E-state index in [1.807, 2.05) is 32.9 Å². The molecule has 5 heteroatoms. The third-order valence-corrected chi connectivity index (χ3v) is 6.23. The van der Waals surface area contributed by atoms with Crippen molar-refractivity contribution in [1.82, 2.24) is 4.31 Å². The van der Waals surface area contributed by atoms with Gasteiger partial charge in [0.1, 0.15) is 0 Å². The summed E-state index contributed by atoms with van der Waals surface area (Å²) in [6, 6.07) is 7.31. The van der Waals surface area contributed by atoms with Gasteiger partial charge in [-0.25, -0.2) is 8.42 Å². The standard InChI is InChI=1S/C16H26N2O2S/c1-15(2,3)13-7-5-6-8-14(13)21(19,20)18-10-9-16(4,11-17)12-18/h5-8H,9-12,17H2,1-4H3. The average molecular weight is 310 g/mol. The van der Waals surface area contributed by atoms with Crippen molar-refractivity contribution in [3.05, 3.63) is 29.8 Å². The lowest BCUT2D eigenvalue weighted by Gasteiger charge is -2.26. The first-order valence-corrected chi connectivity index (χ1v) is 8.84. The van der Waals surface area contributed by atoms with Gasteiger partial charge in [0.15, 0.2) is 0 Å². The van der Waals surface area contributed by atoms with Gasteiger partial charge < -0.3 is 5.73 Å². The van der Waals surface area contributed by atoms with Gasteiger partial charge in [-0.2, -0.15) is 4.31 Å². The van der Waals surface area contributed by atoms with Gasteiger partial charge in [-0.15, -0.1) is 0 Å². The Balaban J connectivity index is 2.43. The number of rotatable bonds is 3. The van der Waals surface area contributed by atoms with Crippen molar-refractivity contribution < 1.29 is 8.42 Å². The molecule has 1 atom stereocenters. The highest BCUT2D eigenvalue weighted by Crippen LogP contribution is 2.35. The Bertz CT molecular complexity index is 619. The highest BCUT2D eigenvalue weighted by molar-refractivity contribution is 7.89. The van der Waals surface area contributed by atoms with Gasteiger partial charge in [-0.3, -0.25) is 0 Å². The highest BCUT2D eigenvalue weighted by Gasteiger charge is 2.40. The Morgan fingerprint density at radius 1 is 1.29 bits per heavy atom. The molecular formula is C16H26N2O2S. The first-order chi connectivity index (χ1) is 9.60. The summed E-state index contributed by atoms with van der Waals surface area (Å²) >= 11 is 0. The van der Waals surface area contributed by atoms with Gasteiger partial charge in [0.2, 0.25) is 10.0 Å². The molecule has 0 aliphatic carbocycles. The molecule has 21 heavy (non-hydrogen) atoms. The quantitative estimate of drug-likeness (QED) is 0.932. The molecule has 1 heterocycles. The molecule has 118 valence electrons. The lowest BCUT2D eigenvalue weighted by atomic mass is 9.87. The summed E-state index contributed by atoms with van der Waals surface area (Å²) < 4.78 is 27.6. The minimum absolute atomic E-state index is 0.107. The van der Waals surface area contributed by atoms with Gasteiger partial charge in [0.25, 0.3) is 0 Å². The third-order valence-electron chi connectivity index (χ3n) is 4.33. The first kappa shape index (κ1) is 16.5. The van der Waals surface area contributed by atoms with E-state index in [0.29, 0.717) is 24.5 Å². The molecule has 1 aliphatic rings. The predicted octanol–water partition coefficient (Wildman–Crippen LogP) is 2.34. The molecule has 0 bridgehead atoms. The van der Waals surface area contributed by atoms with Crippen LogP contribution >= 0.6 is 0 Å². The van der Waals surface area contributed by atoms with E-state index >= 15 is 0 Å². The van der Waals surface area contributed by atoms with Crippen LogP contribution in [0.3, 0.4) is 0 Å². The van der Waals surface area contributed by atoms with Crippen molar-refractivity contribution in [3.63, 3.8) is 0 Å². The largest absolute Gasteiger partial charge is 0.330 e. The molecule has 1 aliphatic heterocycles. The van der Waals surface area contributed by atoms with Crippen molar-refractivity contribution >= 4 is 10.0 Å². The van der Waals surface area contributed by atoms with E-state index in [1.165, 1.54) is 0 Å². The van der Waals surface area contributed by atoms with E-state index in [1.54, 1.807) is 16.4 Å². The number of sulfonamides is 1. The van der Waals surface area contributed by atoms with Crippen molar-refractivity contribution in [3.8, 4) is 0 Å². The Labute approximate surface area is 128 Å². The normalized spacial score (nSPS) is 24.4. The summed E-state index contributed by atoms with van der Waals surface area (Å²) in [5.74, 6) is 0. The lowest BCUT2D eigenvalue weighted by Crippen LogP contribution is -2.35. The zero-order valence-corrected chi connectivity index (χ0v) is 14.2. The summed E-state index contributed by atoms with van der Waals surface area (Å²) in [4.78, 5) is 0.429. The average Bonchev–Trinajstić information content (AvgIpc) is 2.82. The molecule has 0 radical (unpaired) electrons. The number of hydrogen-bond donors (Lipinski definition) is 1. The van der Waals surface area contributed by atoms with Crippen molar-refractivity contribution in [1.29, 1.82) is 0 Å². The number of nitrogens with two attached hydrogens (primary N) is 1. The molecule has 0 aromatic heterocycles. The predicted molar refractivity (Wildman–Crippen MR) is 85.7 cm³/mol. The van der Waals surface area contributed by atoms with Gasteiger partial charge in [0, 0.05) is 13.1 Å². The van der Waals surface area contributed by atoms with Gasteiger partial charge in [-0.05, 0) is 35.4 Å². The molecule has 1 unspecified atom stereocenters. The second kappa shape index (κ2) is 5.38. The minimum atomic E-state index is -3.46.